The van der Waals surface area contributed by atoms with Gasteiger partial charge in [-0.1, -0.05) is 6.42 Å². The molecule has 0 aliphatic carbocycles. The lowest BCUT2D eigenvalue weighted by atomic mass is 10.2. The van der Waals surface area contributed by atoms with E-state index in [0.717, 1.165) is 50.2 Å². The second-order valence-electron chi connectivity index (χ2n) is 5.28. The van der Waals surface area contributed by atoms with Crippen LogP contribution in [0, 0.1) is 23.0 Å². The SMILES string of the molecule is N#Cc1cc(F)c(NCc2nnc3n2CCCCC3)c(F)c1. The molecule has 0 unspecified atom stereocenters. The number of fused-ring (bicyclic) bond motifs is 1. The molecule has 3 rings (SSSR count). The third-order valence-corrected chi connectivity index (χ3v) is 3.78. The number of halogens is 2. The van der Waals surface area contributed by atoms with Crippen LogP contribution in [-0.2, 0) is 19.5 Å². The van der Waals surface area contributed by atoms with Crippen molar-refractivity contribution >= 4 is 5.69 Å². The zero-order chi connectivity index (χ0) is 15.5. The van der Waals surface area contributed by atoms with Crippen LogP contribution in [0.2, 0.25) is 0 Å². The maximum Gasteiger partial charge on any atom is 0.152 e. The molecule has 114 valence electrons. The summed E-state index contributed by atoms with van der Waals surface area (Å²) in [6.07, 6.45) is 4.17. The van der Waals surface area contributed by atoms with Gasteiger partial charge in [0.25, 0.3) is 0 Å². The molecule has 0 amide bonds. The fraction of sp³-hybridized carbons (Fsp3) is 0.400. The van der Waals surface area contributed by atoms with Crippen molar-refractivity contribution in [3.63, 3.8) is 0 Å². The molecule has 1 N–H and O–H groups in total. The average Bonchev–Trinajstić information content (AvgIpc) is 2.74. The summed E-state index contributed by atoms with van der Waals surface area (Å²) in [5, 5.41) is 19.7. The van der Waals surface area contributed by atoms with Crippen LogP contribution in [0.4, 0.5) is 14.5 Å². The van der Waals surface area contributed by atoms with Crippen LogP contribution in [0.1, 0.15) is 36.5 Å². The number of hydrogen-bond acceptors (Lipinski definition) is 4. The van der Waals surface area contributed by atoms with E-state index in [1.165, 1.54) is 0 Å². The number of nitriles is 1. The van der Waals surface area contributed by atoms with Gasteiger partial charge in [-0.2, -0.15) is 5.26 Å². The van der Waals surface area contributed by atoms with Gasteiger partial charge in [0.05, 0.1) is 18.2 Å². The van der Waals surface area contributed by atoms with Gasteiger partial charge >= 0.3 is 0 Å². The van der Waals surface area contributed by atoms with Gasteiger partial charge in [0.2, 0.25) is 0 Å². The van der Waals surface area contributed by atoms with Crippen molar-refractivity contribution in [1.29, 1.82) is 5.26 Å². The Balaban J connectivity index is 1.79. The molecule has 0 saturated heterocycles. The van der Waals surface area contributed by atoms with E-state index in [9.17, 15) is 8.78 Å². The van der Waals surface area contributed by atoms with Crippen LogP contribution >= 0.6 is 0 Å². The molecule has 0 radical (unpaired) electrons. The molecule has 1 aromatic heterocycles. The van der Waals surface area contributed by atoms with E-state index in [-0.39, 0.29) is 17.8 Å². The van der Waals surface area contributed by atoms with Gasteiger partial charge in [-0.25, -0.2) is 8.78 Å². The monoisotopic (exact) mass is 303 g/mol. The molecule has 0 spiro atoms. The van der Waals surface area contributed by atoms with E-state index in [4.69, 9.17) is 5.26 Å². The average molecular weight is 303 g/mol. The first-order chi connectivity index (χ1) is 10.7. The van der Waals surface area contributed by atoms with Crippen molar-refractivity contribution in [2.45, 2.75) is 38.8 Å². The van der Waals surface area contributed by atoms with Crippen LogP contribution in [0.5, 0.6) is 0 Å². The zero-order valence-electron chi connectivity index (χ0n) is 11.9. The van der Waals surface area contributed by atoms with Gasteiger partial charge in [0.1, 0.15) is 11.5 Å². The van der Waals surface area contributed by atoms with Crippen molar-refractivity contribution in [2.75, 3.05) is 5.32 Å². The number of nitrogens with one attached hydrogen (secondary N) is 1. The third kappa shape index (κ3) is 2.77. The van der Waals surface area contributed by atoms with Crippen LogP contribution in [-0.4, -0.2) is 14.8 Å². The first-order valence-corrected chi connectivity index (χ1v) is 7.23. The Bertz CT molecular complexity index is 709. The quantitative estimate of drug-likeness (QED) is 0.947. The second-order valence-corrected chi connectivity index (χ2v) is 5.28. The van der Waals surface area contributed by atoms with Crippen LogP contribution < -0.4 is 5.32 Å². The Morgan fingerprint density at radius 3 is 2.68 bits per heavy atom. The van der Waals surface area contributed by atoms with Crippen LogP contribution in [0.25, 0.3) is 0 Å². The Kier molecular flexibility index (Phi) is 4.00. The number of hydrogen-bond donors (Lipinski definition) is 1. The minimum Gasteiger partial charge on any atom is -0.373 e. The zero-order valence-corrected chi connectivity index (χ0v) is 11.9. The predicted octanol–water partition coefficient (Wildman–Crippen LogP) is 2.77. The number of nitrogens with zero attached hydrogens (tertiary/aromatic N) is 4. The summed E-state index contributed by atoms with van der Waals surface area (Å²) in [5.41, 5.74) is -0.290. The highest BCUT2D eigenvalue weighted by Crippen LogP contribution is 2.22. The predicted molar refractivity (Wildman–Crippen MR) is 76.0 cm³/mol. The van der Waals surface area contributed by atoms with E-state index in [2.05, 4.69) is 15.5 Å². The van der Waals surface area contributed by atoms with Crippen molar-refractivity contribution in [1.82, 2.24) is 14.8 Å². The molecule has 1 aliphatic rings. The number of aryl methyl sites for hydroxylation is 1. The van der Waals surface area contributed by atoms with Crippen LogP contribution in [0.3, 0.4) is 0 Å². The van der Waals surface area contributed by atoms with Gasteiger partial charge in [-0.3, -0.25) is 0 Å². The number of aromatic nitrogens is 3. The largest absolute Gasteiger partial charge is 0.373 e. The summed E-state index contributed by atoms with van der Waals surface area (Å²) < 4.78 is 29.7. The molecule has 5 nitrogen and oxygen atoms in total. The molecular formula is C15H15F2N5. The number of benzene rings is 1. The third-order valence-electron chi connectivity index (χ3n) is 3.78. The van der Waals surface area contributed by atoms with E-state index >= 15 is 0 Å². The highest BCUT2D eigenvalue weighted by molar-refractivity contribution is 5.50. The molecule has 2 aromatic rings. The van der Waals surface area contributed by atoms with Gasteiger partial charge in [0.15, 0.2) is 17.5 Å². The standard InChI is InChI=1S/C15H15F2N5/c16-11-6-10(8-18)7-12(17)15(11)19-9-14-21-20-13-4-2-1-3-5-22(13)14/h6-7,19H,1-5,9H2. The molecule has 1 aromatic carbocycles. The molecule has 0 atom stereocenters. The molecule has 0 saturated carbocycles. The number of anilines is 1. The summed E-state index contributed by atoms with van der Waals surface area (Å²) in [5.74, 6) is 0.0226. The molecular weight excluding hydrogens is 288 g/mol. The van der Waals surface area contributed by atoms with E-state index in [1.54, 1.807) is 6.07 Å². The fourth-order valence-corrected chi connectivity index (χ4v) is 2.65. The number of rotatable bonds is 3. The minimum atomic E-state index is -0.785. The summed E-state index contributed by atoms with van der Waals surface area (Å²) >= 11 is 0. The first-order valence-electron chi connectivity index (χ1n) is 7.23. The van der Waals surface area contributed by atoms with Crippen LogP contribution in [0.15, 0.2) is 12.1 Å². The lowest BCUT2D eigenvalue weighted by molar-refractivity contribution is 0.583. The maximum atomic E-state index is 13.8. The van der Waals surface area contributed by atoms with Gasteiger partial charge < -0.3 is 9.88 Å². The Hall–Kier alpha value is -2.49. The second kappa shape index (κ2) is 6.10. The summed E-state index contributed by atoms with van der Waals surface area (Å²) in [4.78, 5) is 0. The van der Waals surface area contributed by atoms with Crippen molar-refractivity contribution in [3.05, 3.63) is 41.0 Å². The van der Waals surface area contributed by atoms with Gasteiger partial charge in [-0.15, -0.1) is 10.2 Å². The molecule has 0 bridgehead atoms. The maximum absolute atomic E-state index is 13.8. The Morgan fingerprint density at radius 1 is 1.18 bits per heavy atom. The molecule has 0 fully saturated rings. The normalized spacial score (nSPS) is 14.0. The lowest BCUT2D eigenvalue weighted by Gasteiger charge is -2.10. The Labute approximate surface area is 126 Å². The van der Waals surface area contributed by atoms with Crippen molar-refractivity contribution < 1.29 is 8.78 Å². The molecule has 2 heterocycles. The molecule has 1 aliphatic heterocycles. The first kappa shape index (κ1) is 14.4. The summed E-state index contributed by atoms with van der Waals surface area (Å²) in [6.45, 7) is 1.02. The Morgan fingerprint density at radius 2 is 1.95 bits per heavy atom. The van der Waals surface area contributed by atoms with E-state index in [1.807, 2.05) is 4.57 Å². The molecule has 22 heavy (non-hydrogen) atoms. The topological polar surface area (TPSA) is 66.5 Å². The minimum absolute atomic E-state index is 0.0445. The summed E-state index contributed by atoms with van der Waals surface area (Å²) in [6, 6.07) is 3.74. The van der Waals surface area contributed by atoms with Gasteiger partial charge in [0, 0.05) is 13.0 Å². The highest BCUT2D eigenvalue weighted by atomic mass is 19.1. The van der Waals surface area contributed by atoms with Gasteiger partial charge in [-0.05, 0) is 25.0 Å². The fourth-order valence-electron chi connectivity index (χ4n) is 2.65. The van der Waals surface area contributed by atoms with E-state index < -0.39 is 11.6 Å². The molecule has 7 heteroatoms. The smallest absolute Gasteiger partial charge is 0.152 e. The van der Waals surface area contributed by atoms with Crippen molar-refractivity contribution in [2.24, 2.45) is 0 Å². The summed E-state index contributed by atoms with van der Waals surface area (Å²) in [7, 11) is 0. The highest BCUT2D eigenvalue weighted by Gasteiger charge is 2.16. The van der Waals surface area contributed by atoms with E-state index in [0.29, 0.717) is 5.82 Å². The van der Waals surface area contributed by atoms with Crippen molar-refractivity contribution in [3.8, 4) is 6.07 Å². The lowest BCUT2D eigenvalue weighted by Crippen LogP contribution is -2.12.